The molecule has 0 aliphatic rings. The molecular formula is C17H25NO4S. The van der Waals surface area contributed by atoms with Crippen molar-refractivity contribution >= 4 is 23.6 Å². The Morgan fingerprint density at radius 3 is 2.70 bits per heavy atom. The van der Waals surface area contributed by atoms with Crippen LogP contribution in [0.15, 0.2) is 18.2 Å². The Morgan fingerprint density at radius 2 is 2.09 bits per heavy atom. The van der Waals surface area contributed by atoms with Gasteiger partial charge in [-0.3, -0.25) is 4.79 Å². The third-order valence-electron chi connectivity index (χ3n) is 3.32. The van der Waals surface area contributed by atoms with Crippen molar-refractivity contribution in [2.24, 2.45) is 5.92 Å². The van der Waals surface area contributed by atoms with Crippen LogP contribution < -0.4 is 10.1 Å². The highest BCUT2D eigenvalue weighted by Crippen LogP contribution is 2.20. The lowest BCUT2D eigenvalue weighted by Gasteiger charge is -2.10. The lowest BCUT2D eigenvalue weighted by atomic mass is 10.1. The number of hydrogen-bond donors (Lipinski definition) is 2. The van der Waals surface area contributed by atoms with Gasteiger partial charge in [0.25, 0.3) is 0 Å². The van der Waals surface area contributed by atoms with E-state index in [-0.39, 0.29) is 11.5 Å². The zero-order chi connectivity index (χ0) is 17.2. The van der Waals surface area contributed by atoms with Crippen LogP contribution in [0.2, 0.25) is 0 Å². The van der Waals surface area contributed by atoms with Crippen LogP contribution in [0, 0.1) is 5.92 Å². The number of hydrogen-bond acceptors (Lipinski definition) is 4. The largest absolute Gasteiger partial charge is 0.496 e. The average molecular weight is 339 g/mol. The van der Waals surface area contributed by atoms with Crippen molar-refractivity contribution in [3.8, 4) is 5.75 Å². The first-order valence-electron chi connectivity index (χ1n) is 7.68. The molecule has 0 aliphatic heterocycles. The van der Waals surface area contributed by atoms with E-state index in [1.807, 2.05) is 0 Å². The molecule has 0 fully saturated rings. The summed E-state index contributed by atoms with van der Waals surface area (Å²) in [6, 6.07) is 4.77. The Labute approximate surface area is 141 Å². The van der Waals surface area contributed by atoms with Gasteiger partial charge < -0.3 is 15.2 Å². The maximum atomic E-state index is 11.7. The van der Waals surface area contributed by atoms with Crippen molar-refractivity contribution in [2.45, 2.75) is 26.7 Å². The monoisotopic (exact) mass is 339 g/mol. The van der Waals surface area contributed by atoms with Crippen LogP contribution in [-0.2, 0) is 11.2 Å². The van der Waals surface area contributed by atoms with Crippen LogP contribution >= 0.6 is 11.8 Å². The molecule has 0 radical (unpaired) electrons. The Hall–Kier alpha value is -1.69. The van der Waals surface area contributed by atoms with Crippen LogP contribution in [0.1, 0.15) is 36.2 Å². The molecule has 23 heavy (non-hydrogen) atoms. The summed E-state index contributed by atoms with van der Waals surface area (Å²) >= 11 is 1.65. The molecule has 0 saturated carbocycles. The molecule has 1 aromatic carbocycles. The Bertz CT molecular complexity index is 531. The highest BCUT2D eigenvalue weighted by atomic mass is 32.2. The molecule has 0 aromatic heterocycles. The number of benzene rings is 1. The van der Waals surface area contributed by atoms with Gasteiger partial charge in [0.1, 0.15) is 5.75 Å². The standard InChI is InChI=1S/C17H25NO4S/c1-12(2)7-9-23-11-16(19)18-8-6-13-4-5-14(17(20)21)10-15(13)22-3/h4-5,10,12H,6-9,11H2,1-3H3,(H,18,19)(H,20,21). The van der Waals surface area contributed by atoms with Crippen molar-refractivity contribution in [1.82, 2.24) is 5.32 Å². The number of aromatic carboxylic acids is 1. The molecule has 1 amide bonds. The molecule has 0 atom stereocenters. The van der Waals surface area contributed by atoms with E-state index in [0.717, 1.165) is 17.7 Å². The topological polar surface area (TPSA) is 75.6 Å². The zero-order valence-corrected chi connectivity index (χ0v) is 14.7. The van der Waals surface area contributed by atoms with Crippen molar-refractivity contribution in [1.29, 1.82) is 0 Å². The molecular weight excluding hydrogens is 314 g/mol. The van der Waals surface area contributed by atoms with E-state index in [9.17, 15) is 9.59 Å². The molecule has 1 rings (SSSR count). The number of carboxylic acids is 1. The van der Waals surface area contributed by atoms with Gasteiger partial charge in [-0.15, -0.1) is 0 Å². The third kappa shape index (κ3) is 7.41. The number of rotatable bonds is 10. The number of amides is 1. The summed E-state index contributed by atoms with van der Waals surface area (Å²) in [6.45, 7) is 4.85. The van der Waals surface area contributed by atoms with Gasteiger partial charge in [-0.1, -0.05) is 19.9 Å². The average Bonchev–Trinajstić information content (AvgIpc) is 2.51. The normalized spacial score (nSPS) is 10.6. The summed E-state index contributed by atoms with van der Waals surface area (Å²) in [5, 5.41) is 11.8. The van der Waals surface area contributed by atoms with Crippen LogP contribution in [-0.4, -0.2) is 42.1 Å². The van der Waals surface area contributed by atoms with Crippen LogP contribution in [0.3, 0.4) is 0 Å². The smallest absolute Gasteiger partial charge is 0.335 e. The minimum absolute atomic E-state index is 0.0277. The second-order valence-corrected chi connectivity index (χ2v) is 6.77. The van der Waals surface area contributed by atoms with E-state index in [2.05, 4.69) is 19.2 Å². The highest BCUT2D eigenvalue weighted by Gasteiger charge is 2.09. The van der Waals surface area contributed by atoms with E-state index in [1.54, 1.807) is 23.9 Å². The van der Waals surface area contributed by atoms with E-state index in [0.29, 0.717) is 30.4 Å². The molecule has 6 heteroatoms. The van der Waals surface area contributed by atoms with E-state index in [1.165, 1.54) is 13.2 Å². The SMILES string of the molecule is COc1cc(C(=O)O)ccc1CCNC(=O)CSCCC(C)C. The Balaban J connectivity index is 2.37. The molecule has 2 N–H and O–H groups in total. The highest BCUT2D eigenvalue weighted by molar-refractivity contribution is 7.99. The molecule has 0 unspecified atom stereocenters. The number of thioether (sulfide) groups is 1. The number of methoxy groups -OCH3 is 1. The lowest BCUT2D eigenvalue weighted by Crippen LogP contribution is -2.27. The summed E-state index contributed by atoms with van der Waals surface area (Å²) in [5.74, 6) is 1.70. The van der Waals surface area contributed by atoms with Gasteiger partial charge in [0.15, 0.2) is 0 Å². The molecule has 0 saturated heterocycles. The second kappa shape index (κ2) is 10.2. The predicted octanol–water partition coefficient (Wildman–Crippen LogP) is 2.83. The first-order chi connectivity index (χ1) is 10.9. The number of ether oxygens (including phenoxy) is 1. The van der Waals surface area contributed by atoms with Gasteiger partial charge in [-0.2, -0.15) is 11.8 Å². The first kappa shape index (κ1) is 19.4. The predicted molar refractivity (Wildman–Crippen MR) is 93.4 cm³/mol. The number of carboxylic acid groups (broad SMARTS) is 1. The molecule has 0 spiro atoms. The van der Waals surface area contributed by atoms with Crippen molar-refractivity contribution in [3.63, 3.8) is 0 Å². The summed E-state index contributed by atoms with van der Waals surface area (Å²) < 4.78 is 5.22. The van der Waals surface area contributed by atoms with Gasteiger partial charge in [0, 0.05) is 6.54 Å². The fourth-order valence-electron chi connectivity index (χ4n) is 1.96. The molecule has 5 nitrogen and oxygen atoms in total. The number of carbonyl (C=O) groups excluding carboxylic acids is 1. The van der Waals surface area contributed by atoms with Crippen LogP contribution in [0.25, 0.3) is 0 Å². The summed E-state index contributed by atoms with van der Waals surface area (Å²) in [6.07, 6.45) is 1.72. The minimum atomic E-state index is -0.985. The van der Waals surface area contributed by atoms with E-state index < -0.39 is 5.97 Å². The van der Waals surface area contributed by atoms with Crippen LogP contribution in [0.4, 0.5) is 0 Å². The zero-order valence-electron chi connectivity index (χ0n) is 13.9. The molecule has 1 aromatic rings. The van der Waals surface area contributed by atoms with Crippen LogP contribution in [0.5, 0.6) is 5.75 Å². The summed E-state index contributed by atoms with van der Waals surface area (Å²) in [7, 11) is 1.51. The van der Waals surface area contributed by atoms with Crippen molar-refractivity contribution in [2.75, 3.05) is 25.2 Å². The van der Waals surface area contributed by atoms with Crippen molar-refractivity contribution < 1.29 is 19.4 Å². The maximum absolute atomic E-state index is 11.7. The molecule has 0 bridgehead atoms. The second-order valence-electron chi connectivity index (χ2n) is 5.67. The van der Waals surface area contributed by atoms with Gasteiger partial charge in [-0.25, -0.2) is 4.79 Å². The maximum Gasteiger partial charge on any atom is 0.335 e. The van der Waals surface area contributed by atoms with E-state index >= 15 is 0 Å². The lowest BCUT2D eigenvalue weighted by molar-refractivity contribution is -0.118. The Kier molecular flexibility index (Phi) is 8.55. The van der Waals surface area contributed by atoms with Gasteiger partial charge in [0.05, 0.1) is 18.4 Å². The molecule has 0 heterocycles. The summed E-state index contributed by atoms with van der Waals surface area (Å²) in [5.41, 5.74) is 1.07. The molecule has 0 aliphatic carbocycles. The van der Waals surface area contributed by atoms with Gasteiger partial charge in [0.2, 0.25) is 5.91 Å². The van der Waals surface area contributed by atoms with Gasteiger partial charge >= 0.3 is 5.97 Å². The fraction of sp³-hybridized carbons (Fsp3) is 0.529. The fourth-order valence-corrected chi connectivity index (χ4v) is 3.03. The first-order valence-corrected chi connectivity index (χ1v) is 8.84. The summed E-state index contributed by atoms with van der Waals surface area (Å²) in [4.78, 5) is 22.7. The third-order valence-corrected chi connectivity index (χ3v) is 4.31. The Morgan fingerprint density at radius 1 is 1.35 bits per heavy atom. The minimum Gasteiger partial charge on any atom is -0.496 e. The molecule has 128 valence electrons. The van der Waals surface area contributed by atoms with E-state index in [4.69, 9.17) is 9.84 Å². The quantitative estimate of drug-likeness (QED) is 0.641. The van der Waals surface area contributed by atoms with Crippen molar-refractivity contribution in [3.05, 3.63) is 29.3 Å². The number of nitrogens with one attached hydrogen (secondary N) is 1. The van der Waals surface area contributed by atoms with Gasteiger partial charge in [-0.05, 0) is 42.2 Å². The number of carbonyl (C=O) groups is 2.